The maximum atomic E-state index is 12.7. The molecule has 1 aliphatic rings. The van der Waals surface area contributed by atoms with E-state index in [-0.39, 0.29) is 5.91 Å². The molecule has 0 radical (unpaired) electrons. The van der Waals surface area contributed by atoms with Crippen molar-refractivity contribution in [3.8, 4) is 17.5 Å². The highest BCUT2D eigenvalue weighted by Gasteiger charge is 2.10. The molecule has 33 heavy (non-hydrogen) atoms. The minimum atomic E-state index is -0.112. The van der Waals surface area contributed by atoms with E-state index in [4.69, 9.17) is 0 Å². The first-order chi connectivity index (χ1) is 16.3. The molecule has 7 nitrogen and oxygen atoms in total. The maximum absolute atomic E-state index is 12.7. The van der Waals surface area contributed by atoms with Crippen molar-refractivity contribution in [3.63, 3.8) is 0 Å². The maximum Gasteiger partial charge on any atom is 0.251 e. The Morgan fingerprint density at radius 2 is 2.09 bits per heavy atom. The van der Waals surface area contributed by atoms with Crippen molar-refractivity contribution in [2.45, 2.75) is 12.8 Å². The van der Waals surface area contributed by atoms with E-state index < -0.39 is 0 Å². The summed E-state index contributed by atoms with van der Waals surface area (Å²) in [5.74, 6) is 6.32. The van der Waals surface area contributed by atoms with Crippen LogP contribution >= 0.6 is 0 Å². The van der Waals surface area contributed by atoms with E-state index in [0.29, 0.717) is 12.1 Å². The van der Waals surface area contributed by atoms with Crippen LogP contribution in [0.25, 0.3) is 11.3 Å². The number of imidazole rings is 1. The molecule has 0 bridgehead atoms. The van der Waals surface area contributed by atoms with Gasteiger partial charge in [0.15, 0.2) is 0 Å². The zero-order chi connectivity index (χ0) is 22.5. The summed E-state index contributed by atoms with van der Waals surface area (Å²) in [7, 11) is 0. The summed E-state index contributed by atoms with van der Waals surface area (Å²) < 4.78 is 3.68. The predicted molar refractivity (Wildman–Crippen MR) is 128 cm³/mol. The number of nitrogens with zero attached hydrogens (tertiary/aromatic N) is 5. The van der Waals surface area contributed by atoms with Gasteiger partial charge in [0.1, 0.15) is 5.65 Å². The summed E-state index contributed by atoms with van der Waals surface area (Å²) >= 11 is 0. The number of benzene rings is 1. The SMILES string of the molecule is O=C(NCCCC1=CCN=C1)c1ccc(-n2cccn2)c(C#Cc2ccc3nccn3c2)c1. The van der Waals surface area contributed by atoms with Crippen LogP contribution in [0, 0.1) is 11.8 Å². The second kappa shape index (κ2) is 9.37. The fourth-order valence-electron chi connectivity index (χ4n) is 3.68. The molecule has 162 valence electrons. The number of nitrogens with one attached hydrogen (secondary N) is 1. The van der Waals surface area contributed by atoms with Crippen LogP contribution in [-0.4, -0.2) is 44.4 Å². The van der Waals surface area contributed by atoms with Gasteiger partial charge < -0.3 is 9.72 Å². The van der Waals surface area contributed by atoms with E-state index >= 15 is 0 Å². The molecular formula is C26H22N6O. The van der Waals surface area contributed by atoms with Gasteiger partial charge in [-0.25, -0.2) is 9.67 Å². The van der Waals surface area contributed by atoms with Gasteiger partial charge in [0.25, 0.3) is 5.91 Å². The van der Waals surface area contributed by atoms with Crippen molar-refractivity contribution in [3.05, 3.63) is 95.7 Å². The minimum absolute atomic E-state index is 0.112. The van der Waals surface area contributed by atoms with Crippen LogP contribution in [0.4, 0.5) is 0 Å². The van der Waals surface area contributed by atoms with Crippen LogP contribution in [0.1, 0.15) is 34.3 Å². The Hall–Kier alpha value is -4.44. The molecule has 0 spiro atoms. The Labute approximate surface area is 191 Å². The molecule has 1 amide bonds. The lowest BCUT2D eigenvalue weighted by Crippen LogP contribution is -2.24. The van der Waals surface area contributed by atoms with E-state index in [2.05, 4.69) is 38.3 Å². The molecule has 0 atom stereocenters. The quantitative estimate of drug-likeness (QED) is 0.373. The first-order valence-electron chi connectivity index (χ1n) is 10.8. The standard InChI is InChI=1S/C26H22N6O/c33-26(29-11-1-3-20-10-13-27-18-20)23-7-8-24(32-15-2-12-30-32)22(17-23)6-4-21-5-9-25-28-14-16-31(25)19-21/h2,5,7-10,12,14-19H,1,3,11,13H2,(H,29,33). The van der Waals surface area contributed by atoms with Gasteiger partial charge >= 0.3 is 0 Å². The van der Waals surface area contributed by atoms with Crippen LogP contribution in [0.2, 0.25) is 0 Å². The highest BCUT2D eigenvalue weighted by atomic mass is 16.1. The summed E-state index contributed by atoms with van der Waals surface area (Å²) in [6, 6.07) is 11.2. The van der Waals surface area contributed by atoms with Gasteiger partial charge in [0, 0.05) is 54.9 Å². The summed E-state index contributed by atoms with van der Waals surface area (Å²) in [5.41, 5.74) is 5.07. The third-order valence-electron chi connectivity index (χ3n) is 5.38. The monoisotopic (exact) mass is 434 g/mol. The third kappa shape index (κ3) is 4.75. The number of aromatic nitrogens is 4. The van der Waals surface area contributed by atoms with Crippen molar-refractivity contribution >= 4 is 17.8 Å². The summed E-state index contributed by atoms with van der Waals surface area (Å²) in [6.45, 7) is 1.38. The Kier molecular flexibility index (Phi) is 5.81. The highest BCUT2D eigenvalue weighted by Crippen LogP contribution is 2.16. The molecular weight excluding hydrogens is 412 g/mol. The Balaban J connectivity index is 1.36. The molecule has 0 unspecified atom stereocenters. The Bertz CT molecular complexity index is 1420. The van der Waals surface area contributed by atoms with Crippen LogP contribution in [0.5, 0.6) is 0 Å². The molecule has 0 aliphatic carbocycles. The molecule has 5 rings (SSSR count). The van der Waals surface area contributed by atoms with Crippen molar-refractivity contribution in [1.82, 2.24) is 24.5 Å². The lowest BCUT2D eigenvalue weighted by atomic mass is 10.1. The van der Waals surface area contributed by atoms with Gasteiger partial charge in [0.2, 0.25) is 0 Å². The molecule has 1 N–H and O–H groups in total. The van der Waals surface area contributed by atoms with Crippen molar-refractivity contribution in [2.75, 3.05) is 13.1 Å². The van der Waals surface area contributed by atoms with Crippen LogP contribution in [0.3, 0.4) is 0 Å². The minimum Gasteiger partial charge on any atom is -0.352 e. The highest BCUT2D eigenvalue weighted by molar-refractivity contribution is 5.95. The van der Waals surface area contributed by atoms with Gasteiger partial charge in [-0.15, -0.1) is 0 Å². The fourth-order valence-corrected chi connectivity index (χ4v) is 3.68. The summed E-state index contributed by atoms with van der Waals surface area (Å²) in [5, 5.41) is 7.33. The Morgan fingerprint density at radius 3 is 2.94 bits per heavy atom. The zero-order valence-electron chi connectivity index (χ0n) is 18.0. The van der Waals surface area contributed by atoms with E-state index in [1.807, 2.05) is 59.5 Å². The number of allylic oxidation sites excluding steroid dienone is 1. The number of pyridine rings is 1. The number of amides is 1. The largest absolute Gasteiger partial charge is 0.352 e. The number of carbonyl (C=O) groups excluding carboxylic acids is 1. The molecule has 0 saturated carbocycles. The number of hydrogen-bond donors (Lipinski definition) is 1. The van der Waals surface area contributed by atoms with Gasteiger partial charge in [-0.1, -0.05) is 17.9 Å². The van der Waals surface area contributed by atoms with E-state index in [1.165, 1.54) is 5.57 Å². The molecule has 0 fully saturated rings. The van der Waals surface area contributed by atoms with Gasteiger partial charge in [-0.3, -0.25) is 9.79 Å². The number of aliphatic imine (C=N–C) groups is 1. The molecule has 4 aromatic rings. The molecule has 7 heteroatoms. The van der Waals surface area contributed by atoms with Crippen molar-refractivity contribution in [1.29, 1.82) is 0 Å². The van der Waals surface area contributed by atoms with Crippen LogP contribution < -0.4 is 5.32 Å². The number of carbonyl (C=O) groups is 1. The van der Waals surface area contributed by atoms with Gasteiger partial charge in [0.05, 0.1) is 17.8 Å². The fraction of sp³-hybridized carbons (Fsp3) is 0.154. The molecule has 0 saturated heterocycles. The van der Waals surface area contributed by atoms with E-state index in [0.717, 1.165) is 41.8 Å². The normalized spacial score (nSPS) is 12.4. The van der Waals surface area contributed by atoms with Crippen LogP contribution in [0.15, 0.2) is 84.0 Å². The predicted octanol–water partition coefficient (Wildman–Crippen LogP) is 3.44. The van der Waals surface area contributed by atoms with Gasteiger partial charge in [-0.2, -0.15) is 5.10 Å². The first kappa shape index (κ1) is 20.5. The van der Waals surface area contributed by atoms with E-state index in [9.17, 15) is 4.79 Å². The second-order valence-corrected chi connectivity index (χ2v) is 7.68. The smallest absolute Gasteiger partial charge is 0.251 e. The molecule has 1 aliphatic heterocycles. The molecule has 4 heterocycles. The van der Waals surface area contributed by atoms with Crippen molar-refractivity contribution < 1.29 is 4.79 Å². The number of fused-ring (bicyclic) bond motifs is 1. The van der Waals surface area contributed by atoms with Crippen molar-refractivity contribution in [2.24, 2.45) is 4.99 Å². The molecule has 1 aromatic carbocycles. The average Bonchev–Trinajstić information content (AvgIpc) is 3.62. The average molecular weight is 435 g/mol. The summed E-state index contributed by atoms with van der Waals surface area (Å²) in [6.07, 6.45) is 15.0. The lowest BCUT2D eigenvalue weighted by molar-refractivity contribution is 0.0953. The van der Waals surface area contributed by atoms with Crippen LogP contribution in [-0.2, 0) is 0 Å². The van der Waals surface area contributed by atoms with Gasteiger partial charge in [-0.05, 0) is 54.8 Å². The summed E-state index contributed by atoms with van der Waals surface area (Å²) in [4.78, 5) is 21.2. The Morgan fingerprint density at radius 1 is 1.12 bits per heavy atom. The lowest BCUT2D eigenvalue weighted by Gasteiger charge is -2.09. The topological polar surface area (TPSA) is 76.6 Å². The first-order valence-corrected chi connectivity index (χ1v) is 10.8. The zero-order valence-corrected chi connectivity index (χ0v) is 18.0. The number of hydrogen-bond acceptors (Lipinski definition) is 4. The molecule has 3 aromatic heterocycles. The van der Waals surface area contributed by atoms with E-state index in [1.54, 1.807) is 23.1 Å². The number of rotatable bonds is 6. The second-order valence-electron chi connectivity index (χ2n) is 7.68. The third-order valence-corrected chi connectivity index (χ3v) is 5.38.